The number of benzene rings is 6. The number of rotatable bonds is 12. The highest BCUT2D eigenvalue weighted by molar-refractivity contribution is 7.91. The summed E-state index contributed by atoms with van der Waals surface area (Å²) >= 11 is 0. The molecule has 3 fully saturated rings. The fraction of sp³-hybridized carbons (Fsp3) is 0.438. The topological polar surface area (TPSA) is 301 Å². The molecule has 85 heavy (non-hydrogen) atoms. The van der Waals surface area contributed by atoms with Gasteiger partial charge in [-0.25, -0.2) is 8.42 Å². The maximum absolute atomic E-state index is 13.1. The van der Waals surface area contributed by atoms with Crippen LogP contribution >= 0.6 is 0 Å². The van der Waals surface area contributed by atoms with Crippen LogP contribution in [-0.2, 0) is 27.5 Å². The molecule has 10 unspecified atom stereocenters. The van der Waals surface area contributed by atoms with Gasteiger partial charge in [-0.05, 0) is 228 Å². The van der Waals surface area contributed by atoms with E-state index < -0.39 is 44.5 Å². The summed E-state index contributed by atoms with van der Waals surface area (Å²) in [4.78, 5) is 0.341. The first kappa shape index (κ1) is 67.5. The number of anilines is 4. The number of aliphatic hydroxyl groups is 2. The van der Waals surface area contributed by atoms with E-state index in [0.717, 1.165) is 42.2 Å². The zero-order chi connectivity index (χ0) is 62.7. The standard InChI is InChI=1S/C24H20N2O4S.C19H20F6N2O2.C15H30N2.C6H14N2/c25-17-1-5-19(6-2-17)29-21-9-13-23(14-10-21)31(27,28)24-15-11-22(12-16-24)30-20-7-3-18(26)4-8-20;1-16(28,18(20,21)22)12-8-10(3-5-14(12)26)7-11-4-6-15(27)13(9-11)17(2,29)19(23,24)25;1-10-7-12(3-5-14(10)16)9-13-4-6-15(17)11(2)8-13;7-5-2-1-3-6(8)4-5/h1-16H,25-26H2;3-6,8-9,28-29H,7,26-27H2,1-2H3;10-15H,3-9,16-17H2,1-2H3;5-6H,1-4,7-8H2. The zero-order valence-corrected chi connectivity index (χ0v) is 49.4. The van der Waals surface area contributed by atoms with E-state index in [9.17, 15) is 45.0 Å². The van der Waals surface area contributed by atoms with E-state index in [-0.39, 0.29) is 38.7 Å². The van der Waals surface area contributed by atoms with Crippen molar-refractivity contribution in [2.24, 2.45) is 46.6 Å². The predicted octanol–water partition coefficient (Wildman–Crippen LogP) is 12.4. The molecule has 0 saturated heterocycles. The molecule has 6 aromatic rings. The van der Waals surface area contributed by atoms with Crippen LogP contribution < -0.4 is 55.3 Å². The third-order valence-electron chi connectivity index (χ3n) is 16.4. The second kappa shape index (κ2) is 28.7. The number of nitrogen functional groups attached to an aromatic ring is 4. The van der Waals surface area contributed by atoms with Gasteiger partial charge in [0, 0.05) is 58.0 Å². The van der Waals surface area contributed by atoms with Crippen molar-refractivity contribution in [3.8, 4) is 23.0 Å². The van der Waals surface area contributed by atoms with Crippen molar-refractivity contribution in [1.29, 1.82) is 0 Å². The van der Waals surface area contributed by atoms with Crippen LogP contribution in [0.4, 0.5) is 49.1 Å². The van der Waals surface area contributed by atoms with Crippen molar-refractivity contribution in [2.45, 2.75) is 162 Å². The van der Waals surface area contributed by atoms with Crippen LogP contribution in [0.25, 0.3) is 0 Å². The lowest BCUT2D eigenvalue weighted by Crippen LogP contribution is -2.40. The maximum Gasteiger partial charge on any atom is 0.421 e. The third-order valence-corrected chi connectivity index (χ3v) is 18.2. The average Bonchev–Trinajstić information content (AvgIpc) is 2.48. The number of hydrogen-bond donors (Lipinski definition) is 10. The lowest BCUT2D eigenvalue weighted by atomic mass is 9.71. The summed E-state index contributed by atoms with van der Waals surface area (Å²) in [6, 6.07) is 35.3. The summed E-state index contributed by atoms with van der Waals surface area (Å²) in [7, 11) is -3.67. The molecule has 0 radical (unpaired) electrons. The minimum atomic E-state index is -4.99. The first-order valence-electron chi connectivity index (χ1n) is 28.6. The molecular weight excluding hydrogens is 1120 g/mol. The van der Waals surface area contributed by atoms with Crippen LogP contribution in [0.2, 0.25) is 0 Å². The Kier molecular flexibility index (Phi) is 22.8. The Labute approximate surface area is 495 Å². The molecule has 3 aliphatic carbocycles. The minimum Gasteiger partial charge on any atom is -0.457 e. The summed E-state index contributed by atoms with van der Waals surface area (Å²) in [5, 5.41) is 19.8. The number of alkyl halides is 6. The van der Waals surface area contributed by atoms with E-state index >= 15 is 0 Å². The highest BCUT2D eigenvalue weighted by atomic mass is 32.2. The van der Waals surface area contributed by atoms with Gasteiger partial charge in [0.15, 0.2) is 11.2 Å². The van der Waals surface area contributed by atoms with Crippen LogP contribution in [0.1, 0.15) is 121 Å². The van der Waals surface area contributed by atoms with Crippen molar-refractivity contribution in [1.82, 2.24) is 0 Å². The normalized spacial score (nSPS) is 23.2. The molecule has 3 saturated carbocycles. The monoisotopic (exact) mass is 1210 g/mol. The Morgan fingerprint density at radius 2 is 0.812 bits per heavy atom. The molecule has 0 aromatic heterocycles. The van der Waals surface area contributed by atoms with Crippen LogP contribution in [0.5, 0.6) is 23.0 Å². The van der Waals surface area contributed by atoms with Gasteiger partial charge in [0.2, 0.25) is 9.84 Å². The number of ether oxygens (including phenoxy) is 2. The summed E-state index contributed by atoms with van der Waals surface area (Å²) in [6.45, 7) is 5.78. The Morgan fingerprint density at radius 3 is 1.11 bits per heavy atom. The lowest BCUT2D eigenvalue weighted by molar-refractivity contribution is -0.258. The molecule has 0 heterocycles. The van der Waals surface area contributed by atoms with E-state index in [4.69, 9.17) is 55.3 Å². The second-order valence-corrected chi connectivity index (χ2v) is 25.5. The summed E-state index contributed by atoms with van der Waals surface area (Å²) in [5.74, 6) is 5.62. The molecule has 0 bridgehead atoms. The van der Waals surface area contributed by atoms with E-state index in [1.54, 1.807) is 72.8 Å². The molecule has 18 N–H and O–H groups in total. The fourth-order valence-electron chi connectivity index (χ4n) is 10.9. The van der Waals surface area contributed by atoms with Gasteiger partial charge in [-0.15, -0.1) is 0 Å². The van der Waals surface area contributed by atoms with Crippen LogP contribution in [0.15, 0.2) is 143 Å². The second-order valence-electron chi connectivity index (χ2n) is 23.5. The first-order valence-corrected chi connectivity index (χ1v) is 30.1. The average molecular weight is 1210 g/mol. The lowest BCUT2D eigenvalue weighted by Gasteiger charge is -2.37. The Hall–Kier alpha value is -6.59. The highest BCUT2D eigenvalue weighted by Gasteiger charge is 2.53. The van der Waals surface area contributed by atoms with E-state index in [2.05, 4.69) is 13.8 Å². The van der Waals surface area contributed by atoms with Gasteiger partial charge in [0.1, 0.15) is 23.0 Å². The van der Waals surface area contributed by atoms with Crippen LogP contribution in [-0.4, -0.2) is 55.2 Å². The fourth-order valence-corrected chi connectivity index (χ4v) is 12.2. The Balaban J connectivity index is 0.000000197. The molecule has 0 amide bonds. The Morgan fingerprint density at radius 1 is 0.482 bits per heavy atom. The number of sulfone groups is 1. The molecule has 3 aliphatic rings. The zero-order valence-electron chi connectivity index (χ0n) is 48.6. The van der Waals surface area contributed by atoms with Crippen LogP contribution in [0, 0.1) is 23.7 Å². The molecule has 464 valence electrons. The van der Waals surface area contributed by atoms with Gasteiger partial charge in [-0.3, -0.25) is 0 Å². The number of halogens is 6. The maximum atomic E-state index is 13.1. The first-order chi connectivity index (χ1) is 39.7. The van der Waals surface area contributed by atoms with Gasteiger partial charge >= 0.3 is 12.4 Å². The molecule has 21 heteroatoms. The summed E-state index contributed by atoms with van der Waals surface area (Å²) in [6.07, 6.45) is 3.92. The molecular formula is C64H84F6N8O6S. The molecule has 10 atom stereocenters. The molecule has 9 rings (SSSR count). The quantitative estimate of drug-likeness (QED) is 0.0403. The highest BCUT2D eigenvalue weighted by Crippen LogP contribution is 2.44. The minimum absolute atomic E-state index is 0.0809. The SMILES string of the molecule is CC(O)(c1cc(Cc2ccc(N)c(C(C)(O)C(F)(F)F)c2)ccc1N)C(F)(F)F.CC1CC(CC2CCC(N)C(C)C2)CCC1N.NC1CCCC(N)C1.Nc1ccc(Oc2ccc(S(=O)(=O)c3ccc(Oc4ccc(N)cc4)cc3)cc2)cc1. The van der Waals surface area contributed by atoms with Gasteiger partial charge in [0.05, 0.1) is 9.79 Å². The summed E-state index contributed by atoms with van der Waals surface area (Å²) in [5.41, 5.74) is 39.7. The van der Waals surface area contributed by atoms with Gasteiger partial charge < -0.3 is 65.6 Å². The number of nitrogens with two attached hydrogens (primary N) is 8. The Bertz CT molecular complexity index is 2990. The third kappa shape index (κ3) is 18.7. The van der Waals surface area contributed by atoms with Crippen molar-refractivity contribution in [3.05, 3.63) is 156 Å². The van der Waals surface area contributed by atoms with Crippen molar-refractivity contribution in [3.63, 3.8) is 0 Å². The van der Waals surface area contributed by atoms with Crippen molar-refractivity contribution >= 4 is 32.6 Å². The van der Waals surface area contributed by atoms with E-state index in [1.165, 1.54) is 113 Å². The predicted molar refractivity (Wildman–Crippen MR) is 324 cm³/mol. The van der Waals surface area contributed by atoms with Crippen LogP contribution in [0.3, 0.4) is 0 Å². The van der Waals surface area contributed by atoms with E-state index in [1.807, 2.05) is 0 Å². The van der Waals surface area contributed by atoms with Gasteiger partial charge in [0.25, 0.3) is 0 Å². The molecule has 14 nitrogen and oxygen atoms in total. The van der Waals surface area contributed by atoms with Crippen molar-refractivity contribution in [2.75, 3.05) is 22.9 Å². The number of hydrogen-bond acceptors (Lipinski definition) is 14. The molecule has 0 aliphatic heterocycles. The van der Waals surface area contributed by atoms with Gasteiger partial charge in [-0.2, -0.15) is 26.3 Å². The molecule has 0 spiro atoms. The molecule has 6 aromatic carbocycles. The van der Waals surface area contributed by atoms with Crippen molar-refractivity contribution < 1.29 is 54.4 Å². The van der Waals surface area contributed by atoms with Gasteiger partial charge in [-0.1, -0.05) is 44.5 Å². The largest absolute Gasteiger partial charge is 0.457 e. The summed E-state index contributed by atoms with van der Waals surface area (Å²) < 4.78 is 116. The van der Waals surface area contributed by atoms with E-state index in [0.29, 0.717) is 72.4 Å². The smallest absolute Gasteiger partial charge is 0.421 e.